The Morgan fingerprint density at radius 2 is 1.76 bits per heavy atom. The van der Waals surface area contributed by atoms with Gasteiger partial charge in [-0.3, -0.25) is 4.90 Å². The maximum Gasteiger partial charge on any atom is 0.0237 e. The lowest BCUT2D eigenvalue weighted by atomic mass is 10.00. The van der Waals surface area contributed by atoms with Gasteiger partial charge in [-0.25, -0.2) is 0 Å². The second-order valence-electron chi connectivity index (χ2n) is 7.29. The summed E-state index contributed by atoms with van der Waals surface area (Å²) in [5.74, 6) is 0.971. The fourth-order valence-electron chi connectivity index (χ4n) is 3.52. The minimum absolute atomic E-state index is 0.718. The number of nitrogens with zero attached hydrogens (tertiary/aromatic N) is 1. The summed E-state index contributed by atoms with van der Waals surface area (Å²) in [6, 6.07) is 5.48. The van der Waals surface area contributed by atoms with E-state index < -0.39 is 0 Å². The van der Waals surface area contributed by atoms with Gasteiger partial charge in [0.15, 0.2) is 0 Å². The zero-order valence-electron chi connectivity index (χ0n) is 13.9. The summed E-state index contributed by atoms with van der Waals surface area (Å²) in [7, 11) is 0. The van der Waals surface area contributed by atoms with E-state index in [9.17, 15) is 0 Å². The molecule has 1 unspecified atom stereocenters. The summed E-state index contributed by atoms with van der Waals surface area (Å²) in [6.07, 6.45) is 5.60. The monoisotopic (exact) mass is 286 g/mol. The van der Waals surface area contributed by atoms with Crippen molar-refractivity contribution in [3.8, 4) is 0 Å². The van der Waals surface area contributed by atoms with Gasteiger partial charge in [-0.1, -0.05) is 12.1 Å². The third-order valence-corrected chi connectivity index (χ3v) is 5.20. The van der Waals surface area contributed by atoms with E-state index in [1.54, 1.807) is 0 Å². The van der Waals surface area contributed by atoms with Crippen LogP contribution in [-0.4, -0.2) is 30.6 Å². The fourth-order valence-corrected chi connectivity index (χ4v) is 3.52. The molecule has 0 amide bonds. The van der Waals surface area contributed by atoms with Crippen LogP contribution in [-0.2, 0) is 6.54 Å². The smallest absolute Gasteiger partial charge is 0.0237 e. The molecule has 1 N–H and O–H groups in total. The summed E-state index contributed by atoms with van der Waals surface area (Å²) in [4.78, 5) is 2.71. The number of rotatable bonds is 6. The van der Waals surface area contributed by atoms with Gasteiger partial charge in [-0.05, 0) is 81.2 Å². The molecule has 0 aromatic heterocycles. The normalized spacial score (nSPS) is 22.2. The number of hydrogen-bond donors (Lipinski definition) is 1. The van der Waals surface area contributed by atoms with Crippen LogP contribution in [0, 0.1) is 26.7 Å². The van der Waals surface area contributed by atoms with E-state index in [0.717, 1.165) is 18.5 Å². The molecule has 2 heteroatoms. The number of aryl methyl sites for hydroxylation is 3. The predicted octanol–water partition coefficient (Wildman–Crippen LogP) is 3.58. The van der Waals surface area contributed by atoms with Crippen molar-refractivity contribution < 1.29 is 0 Å². The maximum absolute atomic E-state index is 3.66. The van der Waals surface area contributed by atoms with E-state index in [1.807, 2.05) is 0 Å². The van der Waals surface area contributed by atoms with Gasteiger partial charge in [0.2, 0.25) is 0 Å². The fraction of sp³-hybridized carbons (Fsp3) is 0.684. The lowest BCUT2D eigenvalue weighted by Gasteiger charge is -2.27. The molecule has 0 spiro atoms. The molecule has 1 aliphatic carbocycles. The topological polar surface area (TPSA) is 15.3 Å². The van der Waals surface area contributed by atoms with E-state index in [0.29, 0.717) is 0 Å². The second-order valence-corrected chi connectivity index (χ2v) is 7.29. The van der Waals surface area contributed by atoms with Crippen LogP contribution in [0.2, 0.25) is 0 Å². The summed E-state index contributed by atoms with van der Waals surface area (Å²) >= 11 is 0. The molecule has 1 saturated heterocycles. The molecule has 1 heterocycles. The minimum Gasteiger partial charge on any atom is -0.313 e. The Morgan fingerprint density at radius 3 is 2.43 bits per heavy atom. The van der Waals surface area contributed by atoms with E-state index >= 15 is 0 Å². The first-order valence-electron chi connectivity index (χ1n) is 8.64. The first-order chi connectivity index (χ1) is 10.1. The third-order valence-electron chi connectivity index (χ3n) is 5.20. The molecular formula is C19H30N2. The van der Waals surface area contributed by atoms with Crippen molar-refractivity contribution in [2.75, 3.05) is 19.6 Å². The second kappa shape index (κ2) is 6.50. The molecule has 116 valence electrons. The van der Waals surface area contributed by atoms with Crippen molar-refractivity contribution in [3.05, 3.63) is 34.4 Å². The lowest BCUT2D eigenvalue weighted by Crippen LogP contribution is -2.38. The minimum atomic E-state index is 0.718. The maximum atomic E-state index is 3.66. The zero-order chi connectivity index (χ0) is 14.8. The van der Waals surface area contributed by atoms with E-state index in [1.165, 1.54) is 67.6 Å². The average molecular weight is 286 g/mol. The summed E-state index contributed by atoms with van der Waals surface area (Å²) in [6.45, 7) is 11.6. The molecule has 1 aromatic rings. The molecule has 0 bridgehead atoms. The van der Waals surface area contributed by atoms with Gasteiger partial charge in [0.1, 0.15) is 0 Å². The van der Waals surface area contributed by atoms with Crippen molar-refractivity contribution in [1.82, 2.24) is 10.2 Å². The highest BCUT2D eigenvalue weighted by Crippen LogP contribution is 2.31. The Balaban J connectivity index is 1.68. The van der Waals surface area contributed by atoms with Gasteiger partial charge in [0.25, 0.3) is 0 Å². The van der Waals surface area contributed by atoms with Gasteiger partial charge >= 0.3 is 0 Å². The van der Waals surface area contributed by atoms with Gasteiger partial charge < -0.3 is 5.32 Å². The molecule has 21 heavy (non-hydrogen) atoms. The average Bonchev–Trinajstić information content (AvgIpc) is 3.09. The first-order valence-corrected chi connectivity index (χ1v) is 8.64. The number of nitrogens with one attached hydrogen (secondary N) is 1. The number of hydrogen-bond acceptors (Lipinski definition) is 2. The third kappa shape index (κ3) is 4.08. The Labute approximate surface area is 129 Å². The Bertz CT molecular complexity index is 485. The van der Waals surface area contributed by atoms with Crippen LogP contribution >= 0.6 is 0 Å². The van der Waals surface area contributed by atoms with Crippen LogP contribution in [0.15, 0.2) is 12.1 Å². The van der Waals surface area contributed by atoms with Crippen LogP contribution in [0.1, 0.15) is 47.9 Å². The molecular weight excluding hydrogens is 256 g/mol. The number of benzene rings is 1. The Hall–Kier alpha value is -0.860. The highest BCUT2D eigenvalue weighted by molar-refractivity contribution is 5.36. The van der Waals surface area contributed by atoms with Crippen molar-refractivity contribution in [2.24, 2.45) is 5.92 Å². The molecule has 1 aliphatic heterocycles. The summed E-state index contributed by atoms with van der Waals surface area (Å²) < 4.78 is 0. The van der Waals surface area contributed by atoms with Crippen LogP contribution in [0.3, 0.4) is 0 Å². The molecule has 1 atom stereocenters. The molecule has 1 saturated carbocycles. The van der Waals surface area contributed by atoms with Gasteiger partial charge in [-0.15, -0.1) is 0 Å². The molecule has 3 rings (SSSR count). The largest absolute Gasteiger partial charge is 0.313 e. The van der Waals surface area contributed by atoms with Crippen LogP contribution in [0.4, 0.5) is 0 Å². The molecule has 1 aromatic carbocycles. The SMILES string of the molecule is Cc1cc(C)c(CN(CC2CC2)CC2CCCN2)cc1C. The highest BCUT2D eigenvalue weighted by atomic mass is 15.2. The van der Waals surface area contributed by atoms with Crippen molar-refractivity contribution in [2.45, 2.75) is 59.0 Å². The molecule has 2 fully saturated rings. The highest BCUT2D eigenvalue weighted by Gasteiger charge is 2.26. The van der Waals surface area contributed by atoms with Crippen molar-refractivity contribution in [1.29, 1.82) is 0 Å². The lowest BCUT2D eigenvalue weighted by molar-refractivity contribution is 0.231. The quantitative estimate of drug-likeness (QED) is 0.860. The van der Waals surface area contributed by atoms with Crippen molar-refractivity contribution >= 4 is 0 Å². The van der Waals surface area contributed by atoms with Crippen molar-refractivity contribution in [3.63, 3.8) is 0 Å². The standard InChI is InChI=1S/C19H30N2/c1-14-9-16(3)18(10-15(14)2)12-21(11-17-6-7-17)13-19-5-4-8-20-19/h9-10,17,19-20H,4-8,11-13H2,1-3H3. The zero-order valence-corrected chi connectivity index (χ0v) is 13.9. The summed E-state index contributed by atoms with van der Waals surface area (Å²) in [5, 5.41) is 3.66. The predicted molar refractivity (Wildman–Crippen MR) is 89.7 cm³/mol. The van der Waals surface area contributed by atoms with Gasteiger partial charge in [0.05, 0.1) is 0 Å². The van der Waals surface area contributed by atoms with Gasteiger partial charge in [-0.2, -0.15) is 0 Å². The first kappa shape index (κ1) is 15.1. The Kier molecular flexibility index (Phi) is 4.66. The van der Waals surface area contributed by atoms with Gasteiger partial charge in [0, 0.05) is 25.7 Å². The molecule has 0 radical (unpaired) electrons. The molecule has 2 nitrogen and oxygen atoms in total. The van der Waals surface area contributed by atoms with E-state index in [4.69, 9.17) is 0 Å². The Morgan fingerprint density at radius 1 is 1.00 bits per heavy atom. The van der Waals surface area contributed by atoms with E-state index in [2.05, 4.69) is 43.1 Å². The van der Waals surface area contributed by atoms with E-state index in [-0.39, 0.29) is 0 Å². The van der Waals surface area contributed by atoms with Crippen LogP contribution < -0.4 is 5.32 Å². The molecule has 2 aliphatic rings. The van der Waals surface area contributed by atoms with Crippen LogP contribution in [0.5, 0.6) is 0 Å². The van der Waals surface area contributed by atoms with Crippen LogP contribution in [0.25, 0.3) is 0 Å². The summed E-state index contributed by atoms with van der Waals surface area (Å²) in [5.41, 5.74) is 5.83.